The van der Waals surface area contributed by atoms with Gasteiger partial charge in [-0.1, -0.05) is 55.0 Å². The summed E-state index contributed by atoms with van der Waals surface area (Å²) in [4.78, 5) is 28.3. The van der Waals surface area contributed by atoms with Gasteiger partial charge in [-0.3, -0.25) is 13.9 Å². The van der Waals surface area contributed by atoms with Gasteiger partial charge in [0.05, 0.1) is 17.2 Å². The monoisotopic (exact) mass is 551 g/mol. The van der Waals surface area contributed by atoms with Gasteiger partial charge in [-0.15, -0.1) is 0 Å². The zero-order valence-corrected chi connectivity index (χ0v) is 23.8. The van der Waals surface area contributed by atoms with Crippen molar-refractivity contribution < 1.29 is 22.7 Å². The molecule has 3 aromatic carbocycles. The van der Waals surface area contributed by atoms with E-state index in [-0.39, 0.29) is 17.3 Å². The van der Waals surface area contributed by atoms with Crippen molar-refractivity contribution in [1.82, 2.24) is 10.2 Å². The van der Waals surface area contributed by atoms with Gasteiger partial charge >= 0.3 is 0 Å². The Labute approximate surface area is 231 Å². The summed E-state index contributed by atoms with van der Waals surface area (Å²) in [5.74, 6) is -0.204. The molecular weight excluding hydrogens is 514 g/mol. The van der Waals surface area contributed by atoms with E-state index in [1.165, 1.54) is 17.0 Å². The number of anilines is 1. The summed E-state index contributed by atoms with van der Waals surface area (Å²) in [5, 5.41) is 2.84. The molecule has 0 aromatic heterocycles. The highest BCUT2D eigenvalue weighted by Crippen LogP contribution is 2.27. The number of benzene rings is 3. The molecule has 8 nitrogen and oxygen atoms in total. The first kappa shape index (κ1) is 29.7. The van der Waals surface area contributed by atoms with Crippen LogP contribution in [0.1, 0.15) is 38.3 Å². The van der Waals surface area contributed by atoms with Crippen LogP contribution in [0.5, 0.6) is 5.75 Å². The number of aryl methyl sites for hydroxylation is 1. The predicted molar refractivity (Wildman–Crippen MR) is 153 cm³/mol. The molecule has 0 aliphatic carbocycles. The number of hydrogen-bond acceptors (Lipinski definition) is 5. The Hall–Kier alpha value is -3.85. The van der Waals surface area contributed by atoms with Gasteiger partial charge in [0.2, 0.25) is 11.8 Å². The molecule has 0 aliphatic rings. The predicted octanol–water partition coefficient (Wildman–Crippen LogP) is 4.53. The van der Waals surface area contributed by atoms with E-state index in [1.807, 2.05) is 51.1 Å². The summed E-state index contributed by atoms with van der Waals surface area (Å²) >= 11 is 0. The van der Waals surface area contributed by atoms with Crippen LogP contribution in [0.4, 0.5) is 5.69 Å². The number of hydrogen-bond donors (Lipinski definition) is 1. The van der Waals surface area contributed by atoms with Crippen LogP contribution in [-0.4, -0.2) is 50.9 Å². The summed E-state index contributed by atoms with van der Waals surface area (Å²) in [6.45, 7) is 7.96. The highest BCUT2D eigenvalue weighted by atomic mass is 32.2. The summed E-state index contributed by atoms with van der Waals surface area (Å²) < 4.78 is 34.3. The lowest BCUT2D eigenvalue weighted by Gasteiger charge is -2.32. The molecule has 0 saturated carbocycles. The van der Waals surface area contributed by atoms with Crippen LogP contribution in [0, 0.1) is 6.92 Å². The van der Waals surface area contributed by atoms with E-state index in [0.717, 1.165) is 21.9 Å². The molecule has 1 atom stereocenters. The number of carbonyl (C=O) groups is 2. The third kappa shape index (κ3) is 7.83. The second-order valence-electron chi connectivity index (χ2n) is 9.23. The lowest BCUT2D eigenvalue weighted by molar-refractivity contribution is -0.139. The Kier molecular flexibility index (Phi) is 10.5. The molecule has 208 valence electrons. The maximum absolute atomic E-state index is 13.9. The van der Waals surface area contributed by atoms with Crippen LogP contribution in [0.25, 0.3) is 0 Å². The quantitative estimate of drug-likeness (QED) is 0.337. The first-order chi connectivity index (χ1) is 18.7. The maximum atomic E-state index is 13.9. The van der Waals surface area contributed by atoms with Crippen molar-refractivity contribution in [3.8, 4) is 5.75 Å². The number of rotatable bonds is 13. The summed E-state index contributed by atoms with van der Waals surface area (Å²) in [6, 6.07) is 21.6. The van der Waals surface area contributed by atoms with Gasteiger partial charge in [-0.2, -0.15) is 0 Å². The summed E-state index contributed by atoms with van der Waals surface area (Å²) in [5.41, 5.74) is 2.06. The molecule has 0 saturated heterocycles. The van der Waals surface area contributed by atoms with Crippen molar-refractivity contribution >= 4 is 27.5 Å². The Bertz CT molecular complexity index is 1330. The Balaban J connectivity index is 2.00. The average molecular weight is 552 g/mol. The van der Waals surface area contributed by atoms with Crippen molar-refractivity contribution in [2.75, 3.05) is 24.0 Å². The molecule has 0 heterocycles. The molecule has 0 radical (unpaired) electrons. The number of sulfonamides is 1. The third-order valence-electron chi connectivity index (χ3n) is 6.24. The Morgan fingerprint density at radius 3 is 2.15 bits per heavy atom. The van der Waals surface area contributed by atoms with Crippen molar-refractivity contribution in [2.45, 2.75) is 51.6 Å². The van der Waals surface area contributed by atoms with E-state index in [4.69, 9.17) is 4.74 Å². The molecule has 3 aromatic rings. The van der Waals surface area contributed by atoms with E-state index in [0.29, 0.717) is 24.6 Å². The van der Waals surface area contributed by atoms with Crippen LogP contribution in [0.3, 0.4) is 0 Å². The number of ether oxygens (including phenoxy) is 1. The molecule has 39 heavy (non-hydrogen) atoms. The van der Waals surface area contributed by atoms with E-state index < -0.39 is 28.5 Å². The lowest BCUT2D eigenvalue weighted by atomic mass is 10.1. The number of nitrogens with zero attached hydrogens (tertiary/aromatic N) is 2. The van der Waals surface area contributed by atoms with Gasteiger partial charge in [0, 0.05) is 13.1 Å². The minimum absolute atomic E-state index is 0.0677. The second kappa shape index (κ2) is 13.8. The molecule has 0 aliphatic heterocycles. The lowest BCUT2D eigenvalue weighted by Crippen LogP contribution is -2.51. The number of amides is 2. The zero-order valence-electron chi connectivity index (χ0n) is 23.0. The van der Waals surface area contributed by atoms with Crippen LogP contribution in [0.2, 0.25) is 0 Å². The maximum Gasteiger partial charge on any atom is 0.264 e. The Morgan fingerprint density at radius 2 is 1.56 bits per heavy atom. The third-order valence-corrected chi connectivity index (χ3v) is 8.02. The number of carbonyl (C=O) groups excluding carboxylic acids is 2. The van der Waals surface area contributed by atoms with Gasteiger partial charge in [-0.05, 0) is 69.2 Å². The fourth-order valence-corrected chi connectivity index (χ4v) is 5.41. The molecule has 0 unspecified atom stereocenters. The van der Waals surface area contributed by atoms with Crippen molar-refractivity contribution in [1.29, 1.82) is 0 Å². The van der Waals surface area contributed by atoms with Crippen molar-refractivity contribution in [3.63, 3.8) is 0 Å². The van der Waals surface area contributed by atoms with Crippen LogP contribution in [0.15, 0.2) is 83.8 Å². The van der Waals surface area contributed by atoms with Gasteiger partial charge in [0.1, 0.15) is 18.3 Å². The minimum Gasteiger partial charge on any atom is -0.494 e. The average Bonchev–Trinajstić information content (AvgIpc) is 2.94. The summed E-state index contributed by atoms with van der Waals surface area (Å²) in [7, 11) is -4.11. The van der Waals surface area contributed by atoms with E-state index >= 15 is 0 Å². The molecule has 9 heteroatoms. The van der Waals surface area contributed by atoms with Crippen LogP contribution >= 0.6 is 0 Å². The Morgan fingerprint density at radius 1 is 0.923 bits per heavy atom. The fourth-order valence-electron chi connectivity index (χ4n) is 4.00. The molecule has 1 N–H and O–H groups in total. The first-order valence-corrected chi connectivity index (χ1v) is 14.5. The van der Waals surface area contributed by atoms with E-state index in [9.17, 15) is 18.0 Å². The highest BCUT2D eigenvalue weighted by Gasteiger charge is 2.32. The second-order valence-corrected chi connectivity index (χ2v) is 11.1. The smallest absolute Gasteiger partial charge is 0.264 e. The highest BCUT2D eigenvalue weighted by molar-refractivity contribution is 7.92. The molecule has 2 amide bonds. The molecule has 0 fully saturated rings. The topological polar surface area (TPSA) is 96.0 Å². The molecule has 3 rings (SSSR count). The molecular formula is C30H37N3O5S. The first-order valence-electron chi connectivity index (χ1n) is 13.1. The SMILES string of the molecule is CCCNC(=O)[C@@H](C)N(Cc1ccccc1)C(=O)CN(c1ccc(OCC)cc1)S(=O)(=O)c1ccc(C)cc1. The van der Waals surface area contributed by atoms with Gasteiger partial charge < -0.3 is 15.0 Å². The van der Waals surface area contributed by atoms with Crippen molar-refractivity contribution in [2.24, 2.45) is 0 Å². The normalized spacial score (nSPS) is 11.9. The van der Waals surface area contributed by atoms with Crippen LogP contribution < -0.4 is 14.4 Å². The summed E-state index contributed by atoms with van der Waals surface area (Å²) in [6.07, 6.45) is 0.755. The zero-order chi connectivity index (χ0) is 28.4. The van der Waals surface area contributed by atoms with Crippen LogP contribution in [-0.2, 0) is 26.2 Å². The number of nitrogens with one attached hydrogen (secondary N) is 1. The van der Waals surface area contributed by atoms with Gasteiger partial charge in [-0.25, -0.2) is 8.42 Å². The van der Waals surface area contributed by atoms with Gasteiger partial charge in [0.15, 0.2) is 0 Å². The van der Waals surface area contributed by atoms with Crippen molar-refractivity contribution in [3.05, 3.63) is 90.0 Å². The largest absolute Gasteiger partial charge is 0.494 e. The molecule has 0 bridgehead atoms. The van der Waals surface area contributed by atoms with E-state index in [1.54, 1.807) is 43.3 Å². The molecule has 0 spiro atoms. The fraction of sp³-hybridized carbons (Fsp3) is 0.333. The standard InChI is InChI=1S/C30H37N3O5S/c1-5-20-31-30(35)24(4)32(21-25-10-8-7-9-11-25)29(34)22-33(26-14-16-27(17-15-26)38-6-2)39(36,37)28-18-12-23(3)13-19-28/h7-19,24H,5-6,20-22H2,1-4H3,(H,31,35)/t24-/m1/s1. The van der Waals surface area contributed by atoms with E-state index in [2.05, 4.69) is 5.32 Å². The van der Waals surface area contributed by atoms with Gasteiger partial charge in [0.25, 0.3) is 10.0 Å². The minimum atomic E-state index is -4.11.